The van der Waals surface area contributed by atoms with Crippen LogP contribution in [0.25, 0.3) is 0 Å². The molecule has 0 aromatic rings. The van der Waals surface area contributed by atoms with Gasteiger partial charge in [0, 0.05) is 5.57 Å². The second-order valence-electron chi connectivity index (χ2n) is 2.11. The summed E-state index contributed by atoms with van der Waals surface area (Å²) in [5.41, 5.74) is 0.580. The van der Waals surface area contributed by atoms with Crippen molar-refractivity contribution in [1.82, 2.24) is 4.98 Å². The minimum absolute atomic E-state index is 0.0199. The van der Waals surface area contributed by atoms with E-state index in [1.54, 1.807) is 6.92 Å². The van der Waals surface area contributed by atoms with E-state index in [1.165, 1.54) is 0 Å². The predicted octanol–water partition coefficient (Wildman–Crippen LogP) is 0.367. The number of allylic oxidation sites excluding steroid dienone is 1. The Kier molecular flexibility index (Phi) is 4.58. The Bertz CT molecular complexity index is 154. The van der Waals surface area contributed by atoms with Crippen LogP contribution >= 0.6 is 0 Å². The lowest BCUT2D eigenvalue weighted by atomic mass is 10.3. The highest BCUT2D eigenvalue weighted by atomic mass is 28.2. The molecule has 0 aliphatic rings. The van der Waals surface area contributed by atoms with E-state index in [9.17, 15) is 4.79 Å². The van der Waals surface area contributed by atoms with Crippen molar-refractivity contribution in [1.29, 1.82) is 0 Å². The molecular formula is C7H13NOSi. The van der Waals surface area contributed by atoms with Gasteiger partial charge in [0.1, 0.15) is 9.68 Å². The molecule has 0 aromatic carbocycles. The summed E-state index contributed by atoms with van der Waals surface area (Å²) in [6, 6.07) is 0.943. The molecule has 3 heteroatoms. The Morgan fingerprint density at radius 3 is 2.80 bits per heavy atom. The number of amides is 1. The van der Waals surface area contributed by atoms with Gasteiger partial charge in [-0.2, -0.15) is 0 Å². The standard InChI is InChI=1S/C7H13NOSi/c1-4-5-10-8-7(9)6(2)3/h4H,1-2,5,10H2,3H3,(H,8,9). The minimum atomic E-state index is -0.457. The third kappa shape index (κ3) is 4.09. The van der Waals surface area contributed by atoms with Gasteiger partial charge in [0.2, 0.25) is 5.91 Å². The molecule has 56 valence electrons. The summed E-state index contributed by atoms with van der Waals surface area (Å²) < 4.78 is 0. The largest absolute Gasteiger partial charge is 0.384 e. The first-order valence-corrected chi connectivity index (χ1v) is 4.93. The minimum Gasteiger partial charge on any atom is -0.384 e. The number of carbonyl (C=O) groups is 1. The van der Waals surface area contributed by atoms with Gasteiger partial charge in [0.05, 0.1) is 0 Å². The SMILES string of the molecule is C=CC[SiH2]NC(=O)C(=C)C. The number of carbonyl (C=O) groups excluding carboxylic acids is 1. The van der Waals surface area contributed by atoms with E-state index in [1.807, 2.05) is 6.08 Å². The van der Waals surface area contributed by atoms with Gasteiger partial charge in [0.15, 0.2) is 0 Å². The van der Waals surface area contributed by atoms with Crippen molar-refractivity contribution in [3.8, 4) is 0 Å². The van der Waals surface area contributed by atoms with E-state index >= 15 is 0 Å². The maximum Gasteiger partial charge on any atom is 0.238 e. The fourth-order valence-electron chi connectivity index (χ4n) is 0.439. The number of hydrogen-bond acceptors (Lipinski definition) is 1. The molecule has 0 bridgehead atoms. The van der Waals surface area contributed by atoms with Gasteiger partial charge in [-0.25, -0.2) is 0 Å². The third-order valence-corrected chi connectivity index (χ3v) is 2.29. The maximum atomic E-state index is 10.8. The molecule has 0 radical (unpaired) electrons. The first kappa shape index (κ1) is 9.17. The van der Waals surface area contributed by atoms with Crippen molar-refractivity contribution < 1.29 is 4.79 Å². The van der Waals surface area contributed by atoms with E-state index in [0.29, 0.717) is 5.57 Å². The summed E-state index contributed by atoms with van der Waals surface area (Å²) in [6.45, 7) is 8.79. The average Bonchev–Trinajstić information content (AvgIpc) is 1.88. The number of rotatable bonds is 4. The van der Waals surface area contributed by atoms with Crippen LogP contribution in [0.15, 0.2) is 24.8 Å². The van der Waals surface area contributed by atoms with Gasteiger partial charge in [-0.15, -0.1) is 6.58 Å². The van der Waals surface area contributed by atoms with Crippen LogP contribution in [0.3, 0.4) is 0 Å². The van der Waals surface area contributed by atoms with Crippen molar-refractivity contribution in [3.63, 3.8) is 0 Å². The van der Waals surface area contributed by atoms with Gasteiger partial charge in [0.25, 0.3) is 0 Å². The molecule has 1 N–H and O–H groups in total. The maximum absolute atomic E-state index is 10.8. The molecule has 0 fully saturated rings. The van der Waals surface area contributed by atoms with Gasteiger partial charge < -0.3 is 4.98 Å². The normalized spacial score (nSPS) is 9.70. The van der Waals surface area contributed by atoms with Gasteiger partial charge in [-0.05, 0) is 13.0 Å². The first-order chi connectivity index (χ1) is 4.68. The highest BCUT2D eigenvalue weighted by molar-refractivity contribution is 6.38. The second-order valence-corrected chi connectivity index (χ2v) is 3.54. The quantitative estimate of drug-likeness (QED) is 0.270. The zero-order chi connectivity index (χ0) is 7.98. The van der Waals surface area contributed by atoms with Gasteiger partial charge in [-0.1, -0.05) is 12.7 Å². The van der Waals surface area contributed by atoms with Crippen LogP contribution < -0.4 is 4.98 Å². The molecule has 0 rings (SSSR count). The van der Waals surface area contributed by atoms with E-state index in [2.05, 4.69) is 18.1 Å². The van der Waals surface area contributed by atoms with Crippen LogP contribution in [-0.2, 0) is 4.79 Å². The first-order valence-electron chi connectivity index (χ1n) is 3.23. The molecule has 0 saturated carbocycles. The molecule has 0 aliphatic heterocycles. The lowest BCUT2D eigenvalue weighted by Crippen LogP contribution is -2.26. The summed E-state index contributed by atoms with van der Waals surface area (Å²) in [6.07, 6.45) is 1.82. The molecule has 0 heterocycles. The second kappa shape index (κ2) is 4.99. The number of hydrogen-bond donors (Lipinski definition) is 1. The van der Waals surface area contributed by atoms with E-state index in [-0.39, 0.29) is 5.91 Å². The molecule has 0 saturated heterocycles. The van der Waals surface area contributed by atoms with Crippen molar-refractivity contribution in [2.75, 3.05) is 0 Å². The van der Waals surface area contributed by atoms with Crippen LogP contribution in [-0.4, -0.2) is 15.6 Å². The molecule has 0 aliphatic carbocycles. The highest BCUT2D eigenvalue weighted by Gasteiger charge is 1.97. The summed E-state index contributed by atoms with van der Waals surface area (Å²) in [5.74, 6) is -0.0199. The predicted molar refractivity (Wildman–Crippen MR) is 46.5 cm³/mol. The molecule has 1 amide bonds. The monoisotopic (exact) mass is 155 g/mol. The summed E-state index contributed by atoms with van der Waals surface area (Å²) in [4.78, 5) is 13.6. The average molecular weight is 155 g/mol. The Hall–Kier alpha value is -0.833. The smallest absolute Gasteiger partial charge is 0.238 e. The Labute approximate surface area is 63.9 Å². The molecule has 0 aromatic heterocycles. The molecular weight excluding hydrogens is 142 g/mol. The fraction of sp³-hybridized carbons (Fsp3) is 0.286. The topological polar surface area (TPSA) is 29.1 Å². The molecule has 0 atom stereocenters. The Morgan fingerprint density at radius 1 is 1.80 bits per heavy atom. The van der Waals surface area contributed by atoms with E-state index in [0.717, 1.165) is 6.04 Å². The zero-order valence-corrected chi connectivity index (χ0v) is 7.73. The molecule has 10 heavy (non-hydrogen) atoms. The van der Waals surface area contributed by atoms with Crippen LogP contribution in [0.5, 0.6) is 0 Å². The molecule has 0 unspecified atom stereocenters. The van der Waals surface area contributed by atoms with Crippen molar-refractivity contribution >= 4 is 15.6 Å². The van der Waals surface area contributed by atoms with Crippen molar-refractivity contribution in [2.24, 2.45) is 0 Å². The molecule has 2 nitrogen and oxygen atoms in total. The summed E-state index contributed by atoms with van der Waals surface area (Å²) in [5, 5.41) is 0. The highest BCUT2D eigenvalue weighted by Crippen LogP contribution is 1.84. The van der Waals surface area contributed by atoms with Crippen LogP contribution in [0.4, 0.5) is 0 Å². The van der Waals surface area contributed by atoms with Crippen LogP contribution in [0.2, 0.25) is 6.04 Å². The molecule has 0 spiro atoms. The lowest BCUT2D eigenvalue weighted by Gasteiger charge is -1.99. The third-order valence-electron chi connectivity index (χ3n) is 1.02. The van der Waals surface area contributed by atoms with Crippen LogP contribution in [0.1, 0.15) is 6.92 Å². The summed E-state index contributed by atoms with van der Waals surface area (Å²) in [7, 11) is -0.457. The lowest BCUT2D eigenvalue weighted by molar-refractivity contribution is -0.115. The zero-order valence-electron chi connectivity index (χ0n) is 6.31. The summed E-state index contributed by atoms with van der Waals surface area (Å²) >= 11 is 0. The van der Waals surface area contributed by atoms with Crippen molar-refractivity contribution in [3.05, 3.63) is 24.8 Å². The van der Waals surface area contributed by atoms with Crippen molar-refractivity contribution in [2.45, 2.75) is 13.0 Å². The Balaban J connectivity index is 3.40. The van der Waals surface area contributed by atoms with E-state index in [4.69, 9.17) is 0 Å². The Morgan fingerprint density at radius 2 is 2.40 bits per heavy atom. The van der Waals surface area contributed by atoms with Gasteiger partial charge >= 0.3 is 0 Å². The van der Waals surface area contributed by atoms with E-state index < -0.39 is 9.68 Å². The van der Waals surface area contributed by atoms with Crippen LogP contribution in [0, 0.1) is 0 Å². The number of nitrogens with one attached hydrogen (secondary N) is 1. The van der Waals surface area contributed by atoms with Gasteiger partial charge in [-0.3, -0.25) is 4.79 Å². The fourth-order valence-corrected chi connectivity index (χ4v) is 1.32.